The molecule has 0 aliphatic heterocycles. The summed E-state index contributed by atoms with van der Waals surface area (Å²) in [6, 6.07) is 7.80. The van der Waals surface area contributed by atoms with Crippen LogP contribution in [0, 0.1) is 6.92 Å². The molecule has 1 heterocycles. The maximum atomic E-state index is 12.2. The summed E-state index contributed by atoms with van der Waals surface area (Å²) in [5, 5.41) is 0.339. The van der Waals surface area contributed by atoms with Gasteiger partial charge in [-0.15, -0.1) is 4.83 Å². The predicted octanol–water partition coefficient (Wildman–Crippen LogP) is 1.61. The summed E-state index contributed by atoms with van der Waals surface area (Å²) in [7, 11) is -2.20. The largest absolute Gasteiger partial charge is 0.347 e. The summed E-state index contributed by atoms with van der Waals surface area (Å²) in [6.45, 7) is 1.59. The quantitative estimate of drug-likeness (QED) is 0.837. The molecule has 0 atom stereocenters. The summed E-state index contributed by atoms with van der Waals surface area (Å²) < 4.78 is 25.9. The number of amides is 1. The Kier molecular flexibility index (Phi) is 4.36. The van der Waals surface area contributed by atoms with Crippen LogP contribution in [0.1, 0.15) is 16.1 Å². The minimum absolute atomic E-state index is 0.0159. The van der Waals surface area contributed by atoms with Crippen molar-refractivity contribution in [2.75, 3.05) is 0 Å². The molecule has 0 aliphatic carbocycles. The lowest BCUT2D eigenvalue weighted by atomic mass is 10.2. The minimum Gasteiger partial charge on any atom is -0.347 e. The third-order valence-corrected chi connectivity index (χ3v) is 4.78. The van der Waals surface area contributed by atoms with Gasteiger partial charge in [0.15, 0.2) is 0 Å². The Morgan fingerprint density at radius 1 is 1.24 bits per heavy atom. The van der Waals surface area contributed by atoms with Gasteiger partial charge >= 0.3 is 0 Å². The number of aromatic nitrogens is 1. The molecule has 0 saturated heterocycles. The van der Waals surface area contributed by atoms with Gasteiger partial charge < -0.3 is 4.57 Å². The highest BCUT2D eigenvalue weighted by Gasteiger charge is 2.19. The second-order valence-electron chi connectivity index (χ2n) is 4.43. The molecule has 0 aliphatic rings. The molecule has 1 aromatic heterocycles. The molecule has 8 heteroatoms. The van der Waals surface area contributed by atoms with E-state index in [-0.39, 0.29) is 4.90 Å². The van der Waals surface area contributed by atoms with Gasteiger partial charge in [-0.05, 0) is 36.8 Å². The van der Waals surface area contributed by atoms with Crippen molar-refractivity contribution in [1.82, 2.24) is 14.8 Å². The maximum Gasteiger partial charge on any atom is 0.282 e. The number of hydrogen-bond acceptors (Lipinski definition) is 3. The second kappa shape index (κ2) is 5.88. The lowest BCUT2D eigenvalue weighted by Crippen LogP contribution is -2.42. The molecule has 1 amide bonds. The normalized spacial score (nSPS) is 11.4. The van der Waals surface area contributed by atoms with Crippen LogP contribution in [0.25, 0.3) is 0 Å². The van der Waals surface area contributed by atoms with Gasteiger partial charge in [0.1, 0.15) is 5.69 Å². The number of halogens is 1. The molecule has 0 radical (unpaired) electrons. The molecular formula is C13H14ClN3O3S. The first-order valence-corrected chi connectivity index (χ1v) is 7.87. The molecule has 2 aromatic rings. The van der Waals surface area contributed by atoms with Gasteiger partial charge in [0, 0.05) is 18.3 Å². The molecule has 6 nitrogen and oxygen atoms in total. The highest BCUT2D eigenvalue weighted by molar-refractivity contribution is 7.89. The highest BCUT2D eigenvalue weighted by atomic mass is 35.5. The Morgan fingerprint density at radius 2 is 1.95 bits per heavy atom. The van der Waals surface area contributed by atoms with Gasteiger partial charge in [-0.1, -0.05) is 17.7 Å². The average molecular weight is 328 g/mol. The fourth-order valence-corrected chi connectivity index (χ4v) is 3.15. The zero-order valence-corrected chi connectivity index (χ0v) is 13.0. The van der Waals surface area contributed by atoms with Crippen LogP contribution in [0.15, 0.2) is 41.4 Å². The summed E-state index contributed by atoms with van der Waals surface area (Å²) >= 11 is 5.90. The molecule has 1 aromatic carbocycles. The van der Waals surface area contributed by atoms with E-state index in [1.165, 1.54) is 12.1 Å². The minimum atomic E-state index is -3.89. The monoisotopic (exact) mass is 327 g/mol. The molecule has 2 rings (SSSR count). The van der Waals surface area contributed by atoms with Crippen molar-refractivity contribution < 1.29 is 13.2 Å². The Balaban J connectivity index is 2.17. The van der Waals surface area contributed by atoms with E-state index in [2.05, 4.69) is 10.3 Å². The Bertz CT molecular complexity index is 784. The molecule has 0 fully saturated rings. The third kappa shape index (κ3) is 3.26. The zero-order valence-electron chi connectivity index (χ0n) is 11.4. The van der Waals surface area contributed by atoms with Gasteiger partial charge in [-0.25, -0.2) is 8.42 Å². The molecule has 2 N–H and O–H groups in total. The SMILES string of the molecule is Cc1c(Cl)cccc1S(=O)(=O)NNC(=O)c1cccn1C. The van der Waals surface area contributed by atoms with Crippen molar-refractivity contribution in [2.45, 2.75) is 11.8 Å². The molecular weight excluding hydrogens is 314 g/mol. The van der Waals surface area contributed by atoms with Crippen molar-refractivity contribution >= 4 is 27.5 Å². The Morgan fingerprint density at radius 3 is 2.57 bits per heavy atom. The van der Waals surface area contributed by atoms with E-state index in [1.807, 2.05) is 0 Å². The summed E-state index contributed by atoms with van der Waals surface area (Å²) in [5.41, 5.74) is 2.92. The van der Waals surface area contributed by atoms with E-state index in [1.54, 1.807) is 42.9 Å². The number of aryl methyl sites for hydroxylation is 1. The lowest BCUT2D eigenvalue weighted by Gasteiger charge is -2.11. The van der Waals surface area contributed by atoms with Crippen LogP contribution in [-0.4, -0.2) is 18.9 Å². The number of benzene rings is 1. The topological polar surface area (TPSA) is 80.2 Å². The van der Waals surface area contributed by atoms with Crippen LogP contribution in [-0.2, 0) is 17.1 Å². The first-order valence-electron chi connectivity index (χ1n) is 6.01. The van der Waals surface area contributed by atoms with E-state index in [4.69, 9.17) is 11.6 Å². The van der Waals surface area contributed by atoms with Gasteiger partial charge in [0.05, 0.1) is 4.90 Å². The van der Waals surface area contributed by atoms with Crippen LogP contribution in [0.3, 0.4) is 0 Å². The molecule has 21 heavy (non-hydrogen) atoms. The van der Waals surface area contributed by atoms with Crippen molar-refractivity contribution in [3.8, 4) is 0 Å². The molecule has 112 valence electrons. The van der Waals surface area contributed by atoms with E-state index in [0.29, 0.717) is 16.3 Å². The first kappa shape index (κ1) is 15.6. The van der Waals surface area contributed by atoms with Gasteiger partial charge in [-0.2, -0.15) is 0 Å². The molecule has 0 spiro atoms. The number of nitrogens with zero attached hydrogens (tertiary/aromatic N) is 1. The van der Waals surface area contributed by atoms with E-state index < -0.39 is 15.9 Å². The number of nitrogens with one attached hydrogen (secondary N) is 2. The van der Waals surface area contributed by atoms with Crippen molar-refractivity contribution in [3.05, 3.63) is 52.8 Å². The number of hydrazine groups is 1. The van der Waals surface area contributed by atoms with Gasteiger partial charge in [0.2, 0.25) is 0 Å². The third-order valence-electron chi connectivity index (χ3n) is 2.98. The Labute approximate surface area is 127 Å². The second-order valence-corrected chi connectivity index (χ2v) is 6.48. The number of carbonyl (C=O) groups excluding carboxylic acids is 1. The van der Waals surface area contributed by atoms with E-state index >= 15 is 0 Å². The lowest BCUT2D eigenvalue weighted by molar-refractivity contribution is 0.0937. The zero-order chi connectivity index (χ0) is 15.6. The predicted molar refractivity (Wildman–Crippen MR) is 79.4 cm³/mol. The van der Waals surface area contributed by atoms with Crippen LogP contribution in [0.4, 0.5) is 0 Å². The van der Waals surface area contributed by atoms with Gasteiger partial charge in [-0.3, -0.25) is 10.2 Å². The van der Waals surface area contributed by atoms with Crippen molar-refractivity contribution in [2.24, 2.45) is 7.05 Å². The Hall–Kier alpha value is -1.83. The molecule has 0 saturated carbocycles. The summed E-state index contributed by atoms with van der Waals surface area (Å²) in [4.78, 5) is 13.9. The van der Waals surface area contributed by atoms with Crippen LogP contribution in [0.2, 0.25) is 5.02 Å². The van der Waals surface area contributed by atoms with Crippen molar-refractivity contribution in [1.29, 1.82) is 0 Å². The van der Waals surface area contributed by atoms with Crippen molar-refractivity contribution in [3.63, 3.8) is 0 Å². The fraction of sp³-hybridized carbons (Fsp3) is 0.154. The number of hydrogen-bond donors (Lipinski definition) is 2. The number of rotatable bonds is 4. The average Bonchev–Trinajstić information content (AvgIpc) is 2.85. The highest BCUT2D eigenvalue weighted by Crippen LogP contribution is 2.22. The van der Waals surface area contributed by atoms with Crippen LogP contribution >= 0.6 is 11.6 Å². The maximum absolute atomic E-state index is 12.2. The van der Waals surface area contributed by atoms with Gasteiger partial charge in [0.25, 0.3) is 15.9 Å². The summed E-state index contributed by atoms with van der Waals surface area (Å²) in [5.74, 6) is -0.550. The molecule has 0 bridgehead atoms. The van der Waals surface area contributed by atoms with Crippen LogP contribution < -0.4 is 10.3 Å². The molecule has 0 unspecified atom stereocenters. The first-order chi connectivity index (χ1) is 9.83. The summed E-state index contributed by atoms with van der Waals surface area (Å²) in [6.07, 6.45) is 1.69. The number of carbonyl (C=O) groups is 1. The van der Waals surface area contributed by atoms with E-state index in [9.17, 15) is 13.2 Å². The van der Waals surface area contributed by atoms with Crippen LogP contribution in [0.5, 0.6) is 0 Å². The standard InChI is InChI=1S/C13H14ClN3O3S/c1-9-10(14)5-3-7-12(9)21(19,20)16-15-13(18)11-6-4-8-17(11)2/h3-8,16H,1-2H3,(H,15,18). The smallest absolute Gasteiger partial charge is 0.282 e. The van der Waals surface area contributed by atoms with E-state index in [0.717, 1.165) is 0 Å². The number of sulfonamides is 1. The fourth-order valence-electron chi connectivity index (χ4n) is 1.81.